The molecule has 0 spiro atoms. The smallest absolute Gasteiger partial charge is 1.00 e. The first-order valence-electron chi connectivity index (χ1n) is 44.4. The van der Waals surface area contributed by atoms with Crippen LogP contribution in [-0.2, 0) is 84.4 Å². The van der Waals surface area contributed by atoms with E-state index in [-0.39, 0.29) is 133 Å². The van der Waals surface area contributed by atoms with Crippen LogP contribution in [0.1, 0.15) is 366 Å². The van der Waals surface area contributed by atoms with Crippen molar-refractivity contribution in [2.75, 3.05) is 65.9 Å². The number of esters is 2. The molecule has 666 valence electrons. The molecular weight excluding hydrogens is 1540 g/mol. The number of allylic oxidation sites excluding steroid dienone is 4. The minimum Gasteiger partial charge on any atom is -1.00 e. The normalized spacial score (nSPS) is 16.7. The van der Waals surface area contributed by atoms with Crippen molar-refractivity contribution in [3.63, 3.8) is 0 Å². The predicted octanol–water partition coefficient (Wildman–Crippen LogP) is 11.7. The van der Waals surface area contributed by atoms with Crippen molar-refractivity contribution in [3.05, 3.63) is 24.3 Å². The summed E-state index contributed by atoms with van der Waals surface area (Å²) >= 11 is 0. The standard InChI is InChI=1S/C85H160N4O22P2.2Na.2H/c1-9-15-21-27-30-33-36-42-48-54-76(109-80(95)56-50-44-38-35-32-29-23-17-11-3)66-78(93)89-72(68-103-62-58-74(91)52-46-40-25-19-13-5)70-107-113(100,101)105-64-60-87-84(97)82-81(110-85(7,8)111-82)83(96)86-59-63-104-112(98,99)106-69-71(67-102-61-57-73(90)51-45-39-24-18-12-4)88-77(92)65-75(53-47-41-26-20-14-6)108-79(94)55-49-43-37-34-31-28-22-16-10-2;;;;/h34-35,37-38,71-76,81-82,90-91H,9-33,36,39-70H2,1-8H3,(H,86,96)(H,87,97)(H,88,92)(H,89,93)(H,98,99)(H,100,101);;;;/q;2*+1;2*-1/b37-34+,38-35+;;;;/t71?,72?,73-,74-,75-,76-,81+,82+;;;;/m1..../s1. The molecule has 0 saturated carbocycles. The molecule has 0 bridgehead atoms. The Kier molecular flexibility index (Phi) is 77.3. The topological polar surface area (TPSA) is 358 Å². The molecule has 10 atom stereocenters. The van der Waals surface area contributed by atoms with Crippen molar-refractivity contribution in [1.29, 1.82) is 0 Å². The van der Waals surface area contributed by atoms with Gasteiger partial charge < -0.3 is 72.5 Å². The Morgan fingerprint density at radius 3 is 1.03 bits per heavy atom. The van der Waals surface area contributed by atoms with Gasteiger partial charge in [-0.1, -0.05) is 246 Å². The first-order chi connectivity index (χ1) is 54.4. The molecule has 8 N–H and O–H groups in total. The zero-order chi connectivity index (χ0) is 83.3. The first kappa shape index (κ1) is 115. The maximum Gasteiger partial charge on any atom is 1.00 e. The van der Waals surface area contributed by atoms with Crippen molar-refractivity contribution < 1.29 is 166 Å². The molecular formula is C85H162N4Na2O22P2. The Morgan fingerprint density at radius 1 is 0.400 bits per heavy atom. The average molecular weight is 1700 g/mol. The fraction of sp³-hybridized carbons (Fsp3) is 0.882. The summed E-state index contributed by atoms with van der Waals surface area (Å²) in [6, 6.07) is -1.97. The summed E-state index contributed by atoms with van der Waals surface area (Å²) in [5.41, 5.74) is 0. The van der Waals surface area contributed by atoms with Gasteiger partial charge in [-0.2, -0.15) is 0 Å². The monoisotopic (exact) mass is 1700 g/mol. The molecule has 30 heteroatoms. The van der Waals surface area contributed by atoms with Gasteiger partial charge >= 0.3 is 86.7 Å². The van der Waals surface area contributed by atoms with Crippen LogP contribution in [0.3, 0.4) is 0 Å². The third-order valence-electron chi connectivity index (χ3n) is 19.6. The van der Waals surface area contributed by atoms with Gasteiger partial charge in [0.1, 0.15) is 12.2 Å². The number of aliphatic hydroxyl groups excluding tert-OH is 2. The second-order valence-corrected chi connectivity index (χ2v) is 34.0. The van der Waals surface area contributed by atoms with E-state index in [1.54, 1.807) is 0 Å². The number of nitrogens with one attached hydrogen (secondary N) is 4. The van der Waals surface area contributed by atoms with Crippen LogP contribution < -0.4 is 80.4 Å². The third kappa shape index (κ3) is 69.4. The van der Waals surface area contributed by atoms with Gasteiger partial charge in [-0.25, -0.2) is 9.13 Å². The summed E-state index contributed by atoms with van der Waals surface area (Å²) in [5, 5.41) is 32.0. The van der Waals surface area contributed by atoms with E-state index < -0.39 is 126 Å². The molecule has 1 fully saturated rings. The molecule has 26 nitrogen and oxygen atoms in total. The minimum absolute atomic E-state index is 0. The predicted molar refractivity (Wildman–Crippen MR) is 447 cm³/mol. The molecule has 0 aliphatic carbocycles. The molecule has 0 aromatic carbocycles. The molecule has 1 aliphatic heterocycles. The number of unbranched alkanes of at least 4 members (excludes halogenated alkanes) is 30. The Hall–Kier alpha value is -1.72. The van der Waals surface area contributed by atoms with E-state index in [1.807, 2.05) is 0 Å². The van der Waals surface area contributed by atoms with E-state index in [0.717, 1.165) is 167 Å². The van der Waals surface area contributed by atoms with Crippen LogP contribution >= 0.6 is 15.6 Å². The van der Waals surface area contributed by atoms with Crippen molar-refractivity contribution in [1.82, 2.24) is 21.3 Å². The van der Waals surface area contributed by atoms with E-state index in [1.165, 1.54) is 78.1 Å². The second-order valence-electron chi connectivity index (χ2n) is 31.1. The summed E-state index contributed by atoms with van der Waals surface area (Å²) in [4.78, 5) is 103. The van der Waals surface area contributed by atoms with Gasteiger partial charge in [0.15, 0.2) is 18.0 Å². The number of ether oxygens (including phenoxy) is 6. The fourth-order valence-electron chi connectivity index (χ4n) is 13.0. The van der Waals surface area contributed by atoms with Gasteiger partial charge in [0.05, 0.1) is 76.8 Å². The number of hydrogen-bond acceptors (Lipinski definition) is 20. The quantitative estimate of drug-likeness (QED) is 0.00922. The number of hydrogen-bond donors (Lipinski definition) is 8. The Balaban J connectivity index is -0.0000160. The third-order valence-corrected chi connectivity index (χ3v) is 21.6. The van der Waals surface area contributed by atoms with Crippen LogP contribution in [0.15, 0.2) is 24.3 Å². The molecule has 0 aromatic rings. The summed E-state index contributed by atoms with van der Waals surface area (Å²) in [7, 11) is -9.75. The summed E-state index contributed by atoms with van der Waals surface area (Å²) in [6.07, 6.45) is 45.0. The van der Waals surface area contributed by atoms with E-state index >= 15 is 0 Å². The number of amides is 4. The van der Waals surface area contributed by atoms with Gasteiger partial charge in [-0.15, -0.1) is 0 Å². The number of carbonyl (C=O) groups is 6. The van der Waals surface area contributed by atoms with Crippen LogP contribution in [0.25, 0.3) is 0 Å². The van der Waals surface area contributed by atoms with Gasteiger partial charge in [-0.3, -0.25) is 46.9 Å². The molecule has 4 amide bonds. The average Bonchev–Trinajstić information content (AvgIpc) is 1.66. The SMILES string of the molecule is CCCCCC/C=C/CCCC(=O)O[C@H](CCCCCCC)CC(=O)NC(COCC[C@H](O)CCCCCCC)COP(=O)(O)OCCNC(=O)[C@H]1OC(C)(C)O[C@@H]1C(=O)NCCOP(=O)(O)OCC(COCC[C@H](O)CCCCCCC)NC(=O)C[C@@H](CCCCCCCCCCC)OC(=O)CCC/C=C/CCCCCC.[H-].[H-].[Na+].[Na+]. The molecule has 0 radical (unpaired) electrons. The van der Waals surface area contributed by atoms with Crippen molar-refractivity contribution in [3.8, 4) is 0 Å². The van der Waals surface area contributed by atoms with Crippen LogP contribution in [-0.4, -0.2) is 176 Å². The zero-order valence-electron chi connectivity index (χ0n) is 75.5. The largest absolute Gasteiger partial charge is 1.00 e. The van der Waals surface area contributed by atoms with E-state index in [4.69, 9.17) is 46.5 Å². The molecule has 1 aliphatic rings. The Labute approximate surface area is 741 Å². The number of carbonyl (C=O) groups excluding carboxylic acids is 6. The van der Waals surface area contributed by atoms with Gasteiger partial charge in [0, 0.05) is 39.1 Å². The van der Waals surface area contributed by atoms with Crippen molar-refractivity contribution in [2.45, 2.75) is 418 Å². The van der Waals surface area contributed by atoms with Crippen LogP contribution in [0.2, 0.25) is 0 Å². The van der Waals surface area contributed by atoms with Crippen LogP contribution in [0.4, 0.5) is 0 Å². The van der Waals surface area contributed by atoms with Crippen molar-refractivity contribution >= 4 is 51.2 Å². The van der Waals surface area contributed by atoms with Gasteiger partial charge in [-0.05, 0) is 117 Å². The molecule has 1 rings (SSSR count). The van der Waals surface area contributed by atoms with Crippen LogP contribution in [0, 0.1) is 0 Å². The maximum absolute atomic E-state index is 13.9. The number of phosphoric acid groups is 2. The number of rotatable bonds is 80. The minimum atomic E-state index is -4.88. The zero-order valence-corrected chi connectivity index (χ0v) is 79.3. The molecule has 115 heavy (non-hydrogen) atoms. The van der Waals surface area contributed by atoms with E-state index in [0.29, 0.717) is 51.4 Å². The Bertz CT molecular complexity index is 2580. The summed E-state index contributed by atoms with van der Waals surface area (Å²) < 4.78 is 83.2. The molecule has 1 saturated heterocycles. The molecule has 1 heterocycles. The van der Waals surface area contributed by atoms with Crippen LogP contribution in [0.5, 0.6) is 0 Å². The second kappa shape index (κ2) is 77.1. The molecule has 0 aromatic heterocycles. The maximum atomic E-state index is 13.9. The number of aliphatic hydroxyl groups is 2. The summed E-state index contributed by atoms with van der Waals surface area (Å²) in [5.74, 6) is -4.90. The van der Waals surface area contributed by atoms with Gasteiger partial charge in [0.2, 0.25) is 11.8 Å². The summed E-state index contributed by atoms with van der Waals surface area (Å²) in [6.45, 7) is 12.9. The number of phosphoric ester groups is 2. The Morgan fingerprint density at radius 2 is 0.696 bits per heavy atom. The fourth-order valence-corrected chi connectivity index (χ4v) is 14.5. The van der Waals surface area contributed by atoms with Gasteiger partial charge in [0.25, 0.3) is 11.8 Å². The van der Waals surface area contributed by atoms with E-state index in [9.17, 15) is 57.9 Å². The van der Waals surface area contributed by atoms with E-state index in [2.05, 4.69) is 87.1 Å². The van der Waals surface area contributed by atoms with Crippen molar-refractivity contribution in [2.24, 2.45) is 0 Å². The molecule has 4 unspecified atom stereocenters. The first-order valence-corrected chi connectivity index (χ1v) is 47.3.